The molecule has 0 heterocycles. The van der Waals surface area contributed by atoms with Gasteiger partial charge in [-0.05, 0) is 0 Å². The van der Waals surface area contributed by atoms with Crippen molar-refractivity contribution in [3.05, 3.63) is 83.9 Å². The summed E-state index contributed by atoms with van der Waals surface area (Å²) in [4.78, 5) is 0. The molecule has 0 saturated carbocycles. The van der Waals surface area contributed by atoms with Crippen molar-refractivity contribution in [3.8, 4) is 21.3 Å². The predicted octanol–water partition coefficient (Wildman–Crippen LogP) is 12.3. The molecule has 0 fully saturated rings. The number of hydrogen-bond donors (Lipinski definition) is 0. The van der Waals surface area contributed by atoms with Crippen LogP contribution in [0.4, 0.5) is 0 Å². The molecule has 5 aromatic carbocycles. The molecule has 0 spiro atoms. The standard InChI is InChI=1S/C41H48Ge2/c1-10-42(11-2,12-3)23-21-36-38-25-32-17-13-15-19-34(32)27-40(38)37(22-24-43(29(4)5,30(6)7)31(8)9)41-28-35-20-16-14-18-33(35)26-39(36)41/h13-20,25-31H,10-12H2,1-9H3. The van der Waals surface area contributed by atoms with Crippen molar-refractivity contribution in [1.29, 1.82) is 0 Å². The van der Waals surface area contributed by atoms with E-state index < -0.39 is 26.5 Å². The molecule has 0 radical (unpaired) electrons. The van der Waals surface area contributed by atoms with Gasteiger partial charge in [-0.1, -0.05) is 0 Å². The fraction of sp³-hybridized carbons (Fsp3) is 0.366. The normalized spacial score (nSPS) is 12.4. The molecule has 5 rings (SSSR count). The van der Waals surface area contributed by atoms with Gasteiger partial charge in [-0.25, -0.2) is 0 Å². The van der Waals surface area contributed by atoms with Crippen LogP contribution in [-0.4, -0.2) is 26.5 Å². The van der Waals surface area contributed by atoms with E-state index in [1.54, 1.807) is 0 Å². The molecular formula is C41H48Ge2. The summed E-state index contributed by atoms with van der Waals surface area (Å²) in [5.41, 5.74) is 2.39. The number of benzene rings is 5. The minimum absolute atomic E-state index is 0.633. The number of hydrogen-bond acceptors (Lipinski definition) is 0. The van der Waals surface area contributed by atoms with Crippen LogP contribution in [0.3, 0.4) is 0 Å². The van der Waals surface area contributed by atoms with E-state index in [9.17, 15) is 0 Å². The summed E-state index contributed by atoms with van der Waals surface area (Å²) < 4.78 is 10.1. The van der Waals surface area contributed by atoms with Crippen LogP contribution < -0.4 is 0 Å². The number of fused-ring (bicyclic) bond motifs is 4. The fourth-order valence-electron chi connectivity index (χ4n) is 7.68. The van der Waals surface area contributed by atoms with E-state index >= 15 is 0 Å². The first kappa shape index (κ1) is 31.8. The van der Waals surface area contributed by atoms with Crippen molar-refractivity contribution in [1.82, 2.24) is 0 Å². The molecule has 0 saturated heterocycles. The molecule has 0 aliphatic carbocycles. The average molecular weight is 686 g/mol. The Balaban J connectivity index is 2.01. The van der Waals surface area contributed by atoms with Crippen LogP contribution in [0.5, 0.6) is 0 Å². The second-order valence-corrected chi connectivity index (χ2v) is 35.5. The van der Waals surface area contributed by atoms with Crippen LogP contribution in [0.1, 0.15) is 73.4 Å². The van der Waals surface area contributed by atoms with Crippen molar-refractivity contribution in [2.45, 2.75) is 92.3 Å². The molecule has 0 aromatic heterocycles. The van der Waals surface area contributed by atoms with E-state index in [2.05, 4.69) is 156 Å². The first-order valence-corrected chi connectivity index (χ1v) is 26.7. The third kappa shape index (κ3) is 5.67. The second-order valence-electron chi connectivity index (χ2n) is 13.5. The zero-order valence-electron chi connectivity index (χ0n) is 27.8. The van der Waals surface area contributed by atoms with Crippen molar-refractivity contribution in [2.75, 3.05) is 0 Å². The Kier molecular flexibility index (Phi) is 9.42. The van der Waals surface area contributed by atoms with Gasteiger partial charge in [-0.3, -0.25) is 0 Å². The molecule has 0 N–H and O–H groups in total. The molecular weight excluding hydrogens is 638 g/mol. The molecule has 0 nitrogen and oxygen atoms in total. The van der Waals surface area contributed by atoms with Crippen molar-refractivity contribution >= 4 is 69.6 Å². The number of rotatable bonds is 6. The van der Waals surface area contributed by atoms with Gasteiger partial charge in [0.05, 0.1) is 0 Å². The summed E-state index contributed by atoms with van der Waals surface area (Å²) in [6.07, 6.45) is 0. The second kappa shape index (κ2) is 12.8. The van der Waals surface area contributed by atoms with Gasteiger partial charge in [0.25, 0.3) is 0 Å². The third-order valence-corrected chi connectivity index (χ3v) is 33.7. The van der Waals surface area contributed by atoms with Crippen LogP contribution in [0.2, 0.25) is 30.0 Å². The van der Waals surface area contributed by atoms with Crippen LogP contribution in [0.15, 0.2) is 72.8 Å². The monoisotopic (exact) mass is 688 g/mol. The Labute approximate surface area is 265 Å². The first-order valence-electron chi connectivity index (χ1n) is 16.5. The zero-order valence-corrected chi connectivity index (χ0v) is 32.0. The maximum atomic E-state index is 4.14. The topological polar surface area (TPSA) is 0 Å². The molecule has 2 heteroatoms. The van der Waals surface area contributed by atoms with E-state index in [0.717, 1.165) is 0 Å². The maximum absolute atomic E-state index is 4.14. The summed E-state index contributed by atoms with van der Waals surface area (Å²) in [5, 5.41) is 13.9. The molecule has 220 valence electrons. The van der Waals surface area contributed by atoms with Crippen LogP contribution in [0.25, 0.3) is 43.1 Å². The molecule has 0 aliphatic heterocycles. The van der Waals surface area contributed by atoms with Crippen LogP contribution >= 0.6 is 0 Å². The first-order chi connectivity index (χ1) is 20.6. The van der Waals surface area contributed by atoms with E-state index in [1.807, 2.05) is 0 Å². The molecule has 0 unspecified atom stereocenters. The summed E-state index contributed by atoms with van der Waals surface area (Å²) in [6, 6.07) is 27.2. The van der Waals surface area contributed by atoms with Gasteiger partial charge in [0, 0.05) is 0 Å². The predicted molar refractivity (Wildman–Crippen MR) is 198 cm³/mol. The van der Waals surface area contributed by atoms with Crippen LogP contribution in [0, 0.1) is 21.3 Å². The van der Waals surface area contributed by atoms with E-state index in [1.165, 1.54) is 70.0 Å². The third-order valence-electron chi connectivity index (χ3n) is 10.6. The van der Waals surface area contributed by atoms with Gasteiger partial charge < -0.3 is 0 Å². The zero-order chi connectivity index (χ0) is 30.9. The summed E-state index contributed by atoms with van der Waals surface area (Å²) in [5.74, 6) is 7.88. The van der Waals surface area contributed by atoms with E-state index in [-0.39, 0.29) is 0 Å². The molecule has 5 aromatic rings. The van der Waals surface area contributed by atoms with E-state index in [0.29, 0.717) is 14.3 Å². The van der Waals surface area contributed by atoms with Crippen LogP contribution in [-0.2, 0) is 0 Å². The Morgan fingerprint density at radius 1 is 0.488 bits per heavy atom. The van der Waals surface area contributed by atoms with Gasteiger partial charge in [-0.2, -0.15) is 0 Å². The molecule has 43 heavy (non-hydrogen) atoms. The van der Waals surface area contributed by atoms with Crippen molar-refractivity contribution in [3.63, 3.8) is 0 Å². The van der Waals surface area contributed by atoms with Gasteiger partial charge in [0.2, 0.25) is 0 Å². The molecule has 0 bridgehead atoms. The van der Waals surface area contributed by atoms with Gasteiger partial charge >= 0.3 is 267 Å². The van der Waals surface area contributed by atoms with Crippen molar-refractivity contribution in [2.24, 2.45) is 0 Å². The Hall–Kier alpha value is -2.65. The molecule has 0 atom stereocenters. The summed E-state index contributed by atoms with van der Waals surface area (Å²) >= 11 is -4.84. The quantitative estimate of drug-likeness (QED) is 0.0948. The average Bonchev–Trinajstić information content (AvgIpc) is 3.00. The summed E-state index contributed by atoms with van der Waals surface area (Å²) in [6.45, 7) is 21.7. The SMILES string of the molecule is C[CH2][Ge]([C]#Cc1c2cc3ccccc3cc2c(C#[C][Ge]([CH](C)C)([CH](C)C)[CH](C)C)c2cc3ccccc3cc12)([CH2]C)[CH2]C. The Bertz CT molecular complexity index is 1800. The Morgan fingerprint density at radius 3 is 1.07 bits per heavy atom. The Morgan fingerprint density at radius 2 is 0.791 bits per heavy atom. The summed E-state index contributed by atoms with van der Waals surface area (Å²) in [7, 11) is 0. The van der Waals surface area contributed by atoms with E-state index in [4.69, 9.17) is 0 Å². The molecule has 0 amide bonds. The van der Waals surface area contributed by atoms with Gasteiger partial charge in [0.15, 0.2) is 0 Å². The van der Waals surface area contributed by atoms with Crippen molar-refractivity contribution < 1.29 is 0 Å². The fourth-order valence-corrected chi connectivity index (χ4v) is 23.7. The minimum atomic E-state index is -2.59. The molecule has 0 aliphatic rings. The van der Waals surface area contributed by atoms with Gasteiger partial charge in [0.1, 0.15) is 0 Å². The van der Waals surface area contributed by atoms with Gasteiger partial charge in [-0.15, -0.1) is 0 Å².